The van der Waals surface area contributed by atoms with Crippen molar-refractivity contribution < 1.29 is 13.3 Å². The molecule has 4 aliphatic rings. The van der Waals surface area contributed by atoms with E-state index >= 15 is 0 Å². The van der Waals surface area contributed by atoms with E-state index in [0.717, 1.165) is 139 Å². The van der Waals surface area contributed by atoms with E-state index in [4.69, 9.17) is 13.3 Å². The minimum atomic E-state index is -0.761. The molecule has 2 aliphatic heterocycles. The Morgan fingerprint density at radius 2 is 0.577 bits per heavy atom. The summed E-state index contributed by atoms with van der Waals surface area (Å²) in [5.41, 5.74) is 31.2. The monoisotopic (exact) mass is 1320 g/mol. The van der Waals surface area contributed by atoms with Gasteiger partial charge in [0, 0.05) is 60.5 Å². The summed E-state index contributed by atoms with van der Waals surface area (Å²) in [7, 11) is 0. The first-order chi connectivity index (χ1) is 51.6. The SMILES string of the molecule is c1ccc(-c2ccc3c(oc4ccccc43)c2N2c3cc4c(cc3B3c5cc6c(cc5N(c5c(-c7ccccc7)ccc7c5oc5ccccc57)c5c3c2cc2c5oc3ccccc32)C(c2ccccc2)(c2ccccc2)c2ccccc2-6)-c2ccccc2C4(c2ccccc2)c2ccccc2)cc1. The van der Waals surface area contributed by atoms with Gasteiger partial charge in [-0.1, -0.05) is 309 Å². The smallest absolute Gasteiger partial charge is 0.252 e. The van der Waals surface area contributed by atoms with E-state index < -0.39 is 17.5 Å². The van der Waals surface area contributed by atoms with Gasteiger partial charge in [0.25, 0.3) is 6.71 Å². The Morgan fingerprint density at radius 3 is 1.01 bits per heavy atom. The lowest BCUT2D eigenvalue weighted by molar-refractivity contribution is 0.666. The second-order valence-corrected chi connectivity index (χ2v) is 28.3. The Hall–Kier alpha value is -13.4. The van der Waals surface area contributed by atoms with Crippen LogP contribution < -0.4 is 26.2 Å². The predicted molar refractivity (Wildman–Crippen MR) is 428 cm³/mol. The third kappa shape index (κ3) is 7.57. The predicted octanol–water partition coefficient (Wildman–Crippen LogP) is 23.5. The Bertz CT molecular complexity index is 6700. The number of fused-ring (bicyclic) bond motifs is 20. The molecule has 0 radical (unpaired) electrons. The molecule has 5 heterocycles. The third-order valence-electron chi connectivity index (χ3n) is 23.4. The number of nitrogens with zero attached hydrogens (tertiary/aromatic N) is 2. The highest BCUT2D eigenvalue weighted by atomic mass is 16.3. The zero-order valence-electron chi connectivity index (χ0n) is 56.3. The number of benzene rings is 16. The van der Waals surface area contributed by atoms with Gasteiger partial charge in [-0.15, -0.1) is 0 Å². The number of anilines is 6. The molecule has 104 heavy (non-hydrogen) atoms. The van der Waals surface area contributed by atoms with E-state index in [1.807, 2.05) is 0 Å². The summed E-state index contributed by atoms with van der Waals surface area (Å²) in [6.45, 7) is -0.429. The van der Waals surface area contributed by atoms with Gasteiger partial charge in [-0.05, 0) is 143 Å². The van der Waals surface area contributed by atoms with Crippen LogP contribution in [-0.4, -0.2) is 6.71 Å². The molecule has 0 saturated heterocycles. The Labute approximate surface area is 600 Å². The zero-order valence-corrected chi connectivity index (χ0v) is 56.3. The van der Waals surface area contributed by atoms with Crippen molar-refractivity contribution in [1.29, 1.82) is 0 Å². The van der Waals surface area contributed by atoms with Crippen molar-refractivity contribution in [1.82, 2.24) is 0 Å². The highest BCUT2D eigenvalue weighted by molar-refractivity contribution is 7.00. The second-order valence-electron chi connectivity index (χ2n) is 28.3. The van der Waals surface area contributed by atoms with Crippen LogP contribution in [0.1, 0.15) is 44.5 Å². The van der Waals surface area contributed by atoms with Crippen LogP contribution in [0.2, 0.25) is 0 Å². The number of hydrogen-bond acceptors (Lipinski definition) is 5. The lowest BCUT2D eigenvalue weighted by Gasteiger charge is -2.45. The third-order valence-corrected chi connectivity index (χ3v) is 23.4. The molecule has 482 valence electrons. The molecule has 3 aromatic heterocycles. The summed E-state index contributed by atoms with van der Waals surface area (Å²) in [5.74, 6) is 0. The van der Waals surface area contributed by atoms with E-state index in [1.54, 1.807) is 0 Å². The molecule has 19 aromatic rings. The van der Waals surface area contributed by atoms with Crippen LogP contribution >= 0.6 is 0 Å². The molecule has 16 aromatic carbocycles. The summed E-state index contributed by atoms with van der Waals surface area (Å²) in [6.07, 6.45) is 0. The van der Waals surface area contributed by atoms with Gasteiger partial charge in [0.1, 0.15) is 16.7 Å². The maximum absolute atomic E-state index is 7.80. The van der Waals surface area contributed by atoms with Gasteiger partial charge in [-0.2, -0.15) is 0 Å². The lowest BCUT2D eigenvalue weighted by Crippen LogP contribution is -2.61. The van der Waals surface area contributed by atoms with Crippen molar-refractivity contribution in [3.05, 3.63) is 402 Å². The molecule has 0 amide bonds. The molecule has 0 atom stereocenters. The van der Waals surface area contributed by atoms with E-state index in [1.165, 1.54) is 66.8 Å². The van der Waals surface area contributed by atoms with Crippen LogP contribution in [0.4, 0.5) is 34.1 Å². The van der Waals surface area contributed by atoms with Gasteiger partial charge in [-0.3, -0.25) is 0 Å². The molecular formula is C98H59BN2O3. The number of para-hydroxylation sites is 3. The summed E-state index contributed by atoms with van der Waals surface area (Å²) < 4.78 is 23.0. The standard InChI is InChI=1S/C98H59BN2O3/c1-7-29-60(30-8-1)66-51-53-73-70-43-21-26-48-87(70)102-94(73)91(66)100-84-58-80-75(68-41-19-24-46-78(68)97(80,62-33-11-3-12-34-62)63-35-13-4-14-36-63)55-82(84)99-83-56-76-69-42-20-25-47-79(69)98(64-37-15-5-16-38-64,65-39-17-6-18-40-65)81(76)59-85(83)101(93-90(99)86(100)57-77-72-45-23-28-50-89(72)104-96(77)93)92-67(61-31-9-2-10-32-61)52-54-74-71-44-22-27-49-88(71)103-95(74)92/h1-59H. The Morgan fingerprint density at radius 1 is 0.231 bits per heavy atom. The van der Waals surface area contributed by atoms with Gasteiger partial charge in [-0.25, -0.2) is 0 Å². The van der Waals surface area contributed by atoms with Crippen molar-refractivity contribution in [2.75, 3.05) is 9.80 Å². The largest absolute Gasteiger partial charge is 0.454 e. The fourth-order valence-electron chi connectivity index (χ4n) is 19.3. The van der Waals surface area contributed by atoms with Gasteiger partial charge in [0.05, 0.1) is 27.9 Å². The quantitative estimate of drug-likeness (QED) is 0.142. The van der Waals surface area contributed by atoms with Crippen LogP contribution in [0.15, 0.2) is 371 Å². The van der Waals surface area contributed by atoms with Crippen molar-refractivity contribution >= 4 is 123 Å². The van der Waals surface area contributed by atoms with Gasteiger partial charge >= 0.3 is 0 Å². The number of furan rings is 3. The topological polar surface area (TPSA) is 45.9 Å². The van der Waals surface area contributed by atoms with Crippen molar-refractivity contribution in [2.45, 2.75) is 10.8 Å². The summed E-state index contributed by atoms with van der Waals surface area (Å²) in [4.78, 5) is 5.23. The van der Waals surface area contributed by atoms with Crippen LogP contribution in [0, 0.1) is 0 Å². The first kappa shape index (κ1) is 57.4. The summed E-state index contributed by atoms with van der Waals surface area (Å²) in [5, 5.41) is 6.15. The fourth-order valence-corrected chi connectivity index (χ4v) is 19.3. The molecule has 2 aliphatic carbocycles. The van der Waals surface area contributed by atoms with Gasteiger partial charge < -0.3 is 23.1 Å². The molecule has 0 saturated carbocycles. The molecule has 0 fully saturated rings. The molecule has 23 rings (SSSR count). The van der Waals surface area contributed by atoms with E-state index in [0.29, 0.717) is 0 Å². The van der Waals surface area contributed by atoms with Gasteiger partial charge in [0.15, 0.2) is 16.7 Å². The lowest BCUT2D eigenvalue weighted by atomic mass is 9.33. The number of rotatable bonds is 8. The summed E-state index contributed by atoms with van der Waals surface area (Å²) >= 11 is 0. The summed E-state index contributed by atoms with van der Waals surface area (Å²) in [6, 6.07) is 133. The molecule has 6 heteroatoms. The van der Waals surface area contributed by atoms with Crippen LogP contribution in [0.5, 0.6) is 0 Å². The van der Waals surface area contributed by atoms with Crippen molar-refractivity contribution in [3.8, 4) is 44.5 Å². The molecule has 0 N–H and O–H groups in total. The molecule has 5 nitrogen and oxygen atoms in total. The van der Waals surface area contributed by atoms with Gasteiger partial charge in [0.2, 0.25) is 0 Å². The fraction of sp³-hybridized carbons (Fsp3) is 0.0204. The minimum Gasteiger partial charge on any atom is -0.454 e. The first-order valence-corrected chi connectivity index (χ1v) is 36.0. The highest BCUT2D eigenvalue weighted by Gasteiger charge is 2.54. The van der Waals surface area contributed by atoms with Crippen LogP contribution in [-0.2, 0) is 10.8 Å². The maximum atomic E-state index is 7.80. The molecule has 0 unspecified atom stereocenters. The van der Waals surface area contributed by atoms with Crippen LogP contribution in [0.3, 0.4) is 0 Å². The van der Waals surface area contributed by atoms with E-state index in [-0.39, 0.29) is 0 Å². The van der Waals surface area contributed by atoms with Crippen molar-refractivity contribution in [2.24, 2.45) is 0 Å². The maximum Gasteiger partial charge on any atom is 0.252 e. The molecular weight excluding hydrogens is 1260 g/mol. The molecule has 0 spiro atoms. The minimum absolute atomic E-state index is 0.429. The second kappa shape index (κ2) is 21.6. The average Bonchev–Trinajstić information content (AvgIpc) is 1.56. The highest BCUT2D eigenvalue weighted by Crippen LogP contribution is 2.63. The van der Waals surface area contributed by atoms with Crippen LogP contribution in [0.25, 0.3) is 110 Å². The Balaban J connectivity index is 0.958. The zero-order chi connectivity index (χ0) is 67.9. The Kier molecular flexibility index (Phi) is 11.9. The first-order valence-electron chi connectivity index (χ1n) is 36.0. The van der Waals surface area contributed by atoms with Crippen molar-refractivity contribution in [3.63, 3.8) is 0 Å². The molecule has 0 bridgehead atoms. The normalized spacial score (nSPS) is 14.1. The average molecular weight is 1320 g/mol. The number of hydrogen-bond donors (Lipinski definition) is 0. The van der Waals surface area contributed by atoms with E-state index in [2.05, 4.69) is 368 Å². The van der Waals surface area contributed by atoms with E-state index in [9.17, 15) is 0 Å².